The van der Waals surface area contributed by atoms with Crippen molar-refractivity contribution in [2.75, 3.05) is 31.6 Å². The van der Waals surface area contributed by atoms with Gasteiger partial charge in [0.2, 0.25) is 11.8 Å². The summed E-state index contributed by atoms with van der Waals surface area (Å²) in [4.78, 5) is 26.4. The molecule has 0 N–H and O–H groups in total. The van der Waals surface area contributed by atoms with Crippen molar-refractivity contribution in [3.8, 4) is 17.4 Å². The molecule has 2 aliphatic rings. The van der Waals surface area contributed by atoms with E-state index < -0.39 is 5.82 Å². The summed E-state index contributed by atoms with van der Waals surface area (Å²) in [5, 5.41) is 0. The molecule has 0 radical (unpaired) electrons. The lowest BCUT2D eigenvalue weighted by Gasteiger charge is -2.30. The van der Waals surface area contributed by atoms with Gasteiger partial charge in [-0.2, -0.15) is 4.98 Å². The maximum absolute atomic E-state index is 14.3. The number of amides is 1. The van der Waals surface area contributed by atoms with E-state index in [1.807, 2.05) is 24.3 Å². The van der Waals surface area contributed by atoms with Crippen molar-refractivity contribution in [3.63, 3.8) is 0 Å². The summed E-state index contributed by atoms with van der Waals surface area (Å²) in [6, 6.07) is 13.4. The number of anilines is 1. The average Bonchev–Trinajstić information content (AvgIpc) is 3.39. The SMILES string of the molecule is COc1ccccc1Oc1nc(N2CCCC2)nc2c1CN(C(=O)c1ccccc1F)CC2. The predicted molar refractivity (Wildman–Crippen MR) is 121 cm³/mol. The Morgan fingerprint density at radius 1 is 0.970 bits per heavy atom. The van der Waals surface area contributed by atoms with Crippen LogP contribution in [0.15, 0.2) is 48.5 Å². The number of para-hydroxylation sites is 2. The number of hydrogen-bond donors (Lipinski definition) is 0. The van der Waals surface area contributed by atoms with Crippen molar-refractivity contribution in [2.24, 2.45) is 0 Å². The maximum Gasteiger partial charge on any atom is 0.257 e. The summed E-state index contributed by atoms with van der Waals surface area (Å²) in [5.74, 6) is 1.28. The molecule has 7 nitrogen and oxygen atoms in total. The highest BCUT2D eigenvalue weighted by Gasteiger charge is 2.30. The number of carbonyl (C=O) groups is 1. The summed E-state index contributed by atoms with van der Waals surface area (Å²) in [5.41, 5.74) is 1.65. The van der Waals surface area contributed by atoms with Crippen molar-refractivity contribution in [2.45, 2.75) is 25.8 Å². The van der Waals surface area contributed by atoms with Crippen LogP contribution in [0, 0.1) is 5.82 Å². The Kier molecular flexibility index (Phi) is 5.81. The zero-order valence-corrected chi connectivity index (χ0v) is 18.5. The molecule has 2 aromatic carbocycles. The molecule has 170 valence electrons. The Balaban J connectivity index is 1.51. The number of hydrogen-bond acceptors (Lipinski definition) is 6. The molecule has 8 heteroatoms. The Labute approximate surface area is 191 Å². The van der Waals surface area contributed by atoms with Crippen LogP contribution in [0.25, 0.3) is 0 Å². The van der Waals surface area contributed by atoms with E-state index >= 15 is 0 Å². The summed E-state index contributed by atoms with van der Waals surface area (Å²) in [6.07, 6.45) is 2.75. The molecule has 0 bridgehead atoms. The van der Waals surface area contributed by atoms with E-state index in [4.69, 9.17) is 19.4 Å². The lowest BCUT2D eigenvalue weighted by molar-refractivity contribution is 0.0727. The Morgan fingerprint density at radius 3 is 2.45 bits per heavy atom. The maximum atomic E-state index is 14.3. The number of methoxy groups -OCH3 is 1. The molecule has 1 amide bonds. The molecule has 5 rings (SSSR count). The van der Waals surface area contributed by atoms with Crippen LogP contribution in [0.3, 0.4) is 0 Å². The van der Waals surface area contributed by atoms with Gasteiger partial charge in [-0.1, -0.05) is 24.3 Å². The van der Waals surface area contributed by atoms with Crippen LogP contribution < -0.4 is 14.4 Å². The quantitative estimate of drug-likeness (QED) is 0.582. The van der Waals surface area contributed by atoms with Crippen molar-refractivity contribution in [1.82, 2.24) is 14.9 Å². The summed E-state index contributed by atoms with van der Waals surface area (Å²) in [7, 11) is 1.59. The van der Waals surface area contributed by atoms with E-state index in [-0.39, 0.29) is 18.0 Å². The molecule has 2 aliphatic heterocycles. The van der Waals surface area contributed by atoms with Crippen molar-refractivity contribution < 1.29 is 18.7 Å². The number of ether oxygens (including phenoxy) is 2. The van der Waals surface area contributed by atoms with Crippen LogP contribution in [0.1, 0.15) is 34.5 Å². The van der Waals surface area contributed by atoms with Gasteiger partial charge in [0.1, 0.15) is 5.82 Å². The van der Waals surface area contributed by atoms with Crippen LogP contribution in [-0.4, -0.2) is 47.5 Å². The minimum Gasteiger partial charge on any atom is -0.493 e. The van der Waals surface area contributed by atoms with Crippen LogP contribution in [0.2, 0.25) is 0 Å². The molecule has 3 aromatic rings. The number of aromatic nitrogens is 2. The standard InChI is InChI=1S/C25H25FN4O3/c1-32-21-10-4-5-11-22(21)33-23-18-16-30(24(31)17-8-2-3-9-19(17)26)15-12-20(18)27-25(28-23)29-13-6-7-14-29/h2-5,8-11H,6-7,12-16H2,1H3. The molecule has 0 aliphatic carbocycles. The molecular weight excluding hydrogens is 423 g/mol. The van der Waals surface area contributed by atoms with Gasteiger partial charge in [-0.3, -0.25) is 4.79 Å². The molecule has 0 atom stereocenters. The monoisotopic (exact) mass is 448 g/mol. The molecule has 0 spiro atoms. The fourth-order valence-electron chi connectivity index (χ4n) is 4.30. The van der Waals surface area contributed by atoms with Gasteiger partial charge in [0.25, 0.3) is 5.91 Å². The van der Waals surface area contributed by atoms with E-state index in [0.717, 1.165) is 37.2 Å². The van der Waals surface area contributed by atoms with E-state index in [0.29, 0.717) is 36.3 Å². The highest BCUT2D eigenvalue weighted by Crippen LogP contribution is 2.36. The highest BCUT2D eigenvalue weighted by atomic mass is 19.1. The normalized spacial score (nSPS) is 15.3. The zero-order valence-electron chi connectivity index (χ0n) is 18.5. The summed E-state index contributed by atoms with van der Waals surface area (Å²) >= 11 is 0. The van der Waals surface area contributed by atoms with Crippen LogP contribution in [-0.2, 0) is 13.0 Å². The van der Waals surface area contributed by atoms with Gasteiger partial charge in [0.15, 0.2) is 11.5 Å². The van der Waals surface area contributed by atoms with Crippen molar-refractivity contribution >= 4 is 11.9 Å². The molecule has 0 unspecified atom stereocenters. The molecule has 1 saturated heterocycles. The molecule has 1 fully saturated rings. The van der Waals surface area contributed by atoms with Gasteiger partial charge in [-0.05, 0) is 37.1 Å². The molecular formula is C25H25FN4O3. The Bertz CT molecular complexity index is 1180. The minimum atomic E-state index is -0.528. The number of carbonyl (C=O) groups excluding carboxylic acids is 1. The van der Waals surface area contributed by atoms with Crippen LogP contribution >= 0.6 is 0 Å². The molecule has 33 heavy (non-hydrogen) atoms. The minimum absolute atomic E-state index is 0.0581. The van der Waals surface area contributed by atoms with Gasteiger partial charge in [0, 0.05) is 26.1 Å². The van der Waals surface area contributed by atoms with Crippen LogP contribution in [0.5, 0.6) is 17.4 Å². The number of rotatable bonds is 5. The largest absolute Gasteiger partial charge is 0.493 e. The number of fused-ring (bicyclic) bond motifs is 1. The van der Waals surface area contributed by atoms with E-state index in [1.165, 1.54) is 12.1 Å². The smallest absolute Gasteiger partial charge is 0.257 e. The Hall–Kier alpha value is -3.68. The lowest BCUT2D eigenvalue weighted by Crippen LogP contribution is -2.37. The Morgan fingerprint density at radius 2 is 1.70 bits per heavy atom. The number of nitrogens with zero attached hydrogens (tertiary/aromatic N) is 4. The van der Waals surface area contributed by atoms with E-state index in [9.17, 15) is 9.18 Å². The number of benzene rings is 2. The molecule has 0 saturated carbocycles. The van der Waals surface area contributed by atoms with Gasteiger partial charge >= 0.3 is 0 Å². The first-order valence-corrected chi connectivity index (χ1v) is 11.1. The zero-order chi connectivity index (χ0) is 22.8. The van der Waals surface area contributed by atoms with Crippen molar-refractivity contribution in [1.29, 1.82) is 0 Å². The average molecular weight is 448 g/mol. The fourth-order valence-corrected chi connectivity index (χ4v) is 4.30. The van der Waals surface area contributed by atoms with Gasteiger partial charge in [0.05, 0.1) is 30.5 Å². The predicted octanol–water partition coefficient (Wildman–Crippen LogP) is 4.22. The fraction of sp³-hybridized carbons (Fsp3) is 0.320. The first-order valence-electron chi connectivity index (χ1n) is 11.1. The lowest BCUT2D eigenvalue weighted by atomic mass is 10.0. The summed E-state index contributed by atoms with van der Waals surface area (Å²) < 4.78 is 25.9. The van der Waals surface area contributed by atoms with Crippen LogP contribution in [0.4, 0.5) is 10.3 Å². The summed E-state index contributed by atoms with van der Waals surface area (Å²) in [6.45, 7) is 2.51. The molecule has 3 heterocycles. The third kappa shape index (κ3) is 4.20. The second-order valence-electron chi connectivity index (χ2n) is 8.16. The third-order valence-electron chi connectivity index (χ3n) is 6.07. The highest BCUT2D eigenvalue weighted by molar-refractivity contribution is 5.94. The first-order chi connectivity index (χ1) is 16.1. The van der Waals surface area contributed by atoms with E-state index in [2.05, 4.69) is 4.90 Å². The second-order valence-corrected chi connectivity index (χ2v) is 8.16. The van der Waals surface area contributed by atoms with E-state index in [1.54, 1.807) is 24.1 Å². The van der Waals surface area contributed by atoms with Gasteiger partial charge in [-0.15, -0.1) is 0 Å². The number of halogens is 1. The topological polar surface area (TPSA) is 67.8 Å². The molecule has 1 aromatic heterocycles. The van der Waals surface area contributed by atoms with Gasteiger partial charge in [-0.25, -0.2) is 9.37 Å². The van der Waals surface area contributed by atoms with Crippen molar-refractivity contribution in [3.05, 3.63) is 71.2 Å². The first kappa shape index (κ1) is 21.2. The third-order valence-corrected chi connectivity index (χ3v) is 6.07. The van der Waals surface area contributed by atoms with Gasteiger partial charge < -0.3 is 19.3 Å². The second kappa shape index (κ2) is 9.05.